The highest BCUT2D eigenvalue weighted by Gasteiger charge is 2.44. The normalized spacial score (nSPS) is 16.2. The summed E-state index contributed by atoms with van der Waals surface area (Å²) in [6.45, 7) is 2.29. The second kappa shape index (κ2) is 10.6. The molecule has 0 aromatic heterocycles. The van der Waals surface area contributed by atoms with E-state index < -0.39 is 47.4 Å². The molecular formula is C24H20ClF6N3O4. The fraction of sp³-hybridized carbons (Fsp3) is 0.292. The van der Waals surface area contributed by atoms with Crippen molar-refractivity contribution in [1.82, 2.24) is 10.2 Å². The highest BCUT2D eigenvalue weighted by atomic mass is 35.5. The van der Waals surface area contributed by atoms with Gasteiger partial charge in [0, 0.05) is 17.8 Å². The molecule has 1 heterocycles. The SMILES string of the molecule is CC(C)(Oc1ccc(CNC(=O)N2C(C(F)(F)F)=CC=NC2c2ccc(C(F)(F)F)cc2)c(Cl)c1)C(=O)O. The van der Waals surface area contributed by atoms with Crippen molar-refractivity contribution in [2.24, 2.45) is 4.99 Å². The lowest BCUT2D eigenvalue weighted by atomic mass is 10.1. The van der Waals surface area contributed by atoms with E-state index in [9.17, 15) is 41.0 Å². The second-order valence-corrected chi connectivity index (χ2v) is 8.95. The number of aliphatic imine (C=N–C) groups is 1. The third-order valence-corrected chi connectivity index (χ3v) is 5.70. The van der Waals surface area contributed by atoms with E-state index in [0.717, 1.165) is 18.3 Å². The van der Waals surface area contributed by atoms with Gasteiger partial charge in [-0.25, -0.2) is 9.59 Å². The van der Waals surface area contributed by atoms with Gasteiger partial charge in [-0.1, -0.05) is 29.8 Å². The minimum atomic E-state index is -4.98. The number of benzene rings is 2. The molecule has 2 aromatic carbocycles. The molecule has 1 atom stereocenters. The van der Waals surface area contributed by atoms with Gasteiger partial charge in [-0.05, 0) is 55.3 Å². The molecule has 0 spiro atoms. The lowest BCUT2D eigenvalue weighted by molar-refractivity contribution is -0.152. The van der Waals surface area contributed by atoms with Gasteiger partial charge >= 0.3 is 24.4 Å². The Hall–Kier alpha value is -3.74. The van der Waals surface area contributed by atoms with Gasteiger partial charge in [-0.15, -0.1) is 0 Å². The van der Waals surface area contributed by atoms with E-state index in [1.54, 1.807) is 0 Å². The number of carbonyl (C=O) groups is 2. The third-order valence-electron chi connectivity index (χ3n) is 5.35. The predicted molar refractivity (Wildman–Crippen MR) is 125 cm³/mol. The number of allylic oxidation sites excluding steroid dienone is 2. The molecule has 1 unspecified atom stereocenters. The molecule has 0 bridgehead atoms. The molecule has 0 aliphatic carbocycles. The monoisotopic (exact) mass is 563 g/mol. The van der Waals surface area contributed by atoms with E-state index in [4.69, 9.17) is 16.3 Å². The second-order valence-electron chi connectivity index (χ2n) is 8.54. The number of hydrogen-bond acceptors (Lipinski definition) is 4. The first-order valence-corrected chi connectivity index (χ1v) is 11.1. The number of halogens is 7. The van der Waals surface area contributed by atoms with Gasteiger partial charge < -0.3 is 15.2 Å². The van der Waals surface area contributed by atoms with E-state index in [2.05, 4.69) is 10.3 Å². The summed E-state index contributed by atoms with van der Waals surface area (Å²) in [5.74, 6) is -1.13. The molecule has 7 nitrogen and oxygen atoms in total. The van der Waals surface area contributed by atoms with Crippen LogP contribution in [0.4, 0.5) is 31.1 Å². The van der Waals surface area contributed by atoms with Gasteiger partial charge in [0.2, 0.25) is 0 Å². The fourth-order valence-electron chi connectivity index (χ4n) is 3.33. The Morgan fingerprint density at radius 3 is 2.21 bits per heavy atom. The van der Waals surface area contributed by atoms with E-state index in [1.807, 2.05) is 0 Å². The van der Waals surface area contributed by atoms with Gasteiger partial charge in [-0.2, -0.15) is 26.3 Å². The summed E-state index contributed by atoms with van der Waals surface area (Å²) >= 11 is 6.19. The Kier molecular flexibility index (Phi) is 8.01. The number of hydrogen-bond donors (Lipinski definition) is 2. The number of nitrogens with one attached hydrogen (secondary N) is 1. The quantitative estimate of drug-likeness (QED) is 0.401. The Labute approximate surface area is 217 Å². The lowest BCUT2D eigenvalue weighted by Crippen LogP contribution is -2.45. The molecule has 0 saturated heterocycles. The fourth-order valence-corrected chi connectivity index (χ4v) is 3.57. The van der Waals surface area contributed by atoms with Gasteiger partial charge in [0.25, 0.3) is 0 Å². The maximum atomic E-state index is 13.7. The van der Waals surface area contributed by atoms with Crippen LogP contribution in [0.1, 0.15) is 36.7 Å². The molecule has 14 heteroatoms. The number of urea groups is 1. The summed E-state index contributed by atoms with van der Waals surface area (Å²) in [6.07, 6.45) is -9.84. The summed E-state index contributed by atoms with van der Waals surface area (Å²) in [6, 6.07) is 6.05. The number of amides is 2. The van der Waals surface area contributed by atoms with Crippen LogP contribution in [0.25, 0.3) is 0 Å². The Bertz CT molecular complexity index is 1270. The highest BCUT2D eigenvalue weighted by Crippen LogP contribution is 2.38. The average Bonchev–Trinajstić information content (AvgIpc) is 2.81. The number of carboxylic acid groups (broad SMARTS) is 1. The summed E-state index contributed by atoms with van der Waals surface area (Å²) in [5, 5.41) is 11.5. The van der Waals surface area contributed by atoms with Crippen molar-refractivity contribution in [3.8, 4) is 5.75 Å². The van der Waals surface area contributed by atoms with Crippen molar-refractivity contribution in [3.05, 3.63) is 76.0 Å². The lowest BCUT2D eigenvalue weighted by Gasteiger charge is -2.34. The molecule has 0 fully saturated rings. The maximum Gasteiger partial charge on any atom is 0.431 e. The van der Waals surface area contributed by atoms with Crippen LogP contribution in [-0.4, -0.2) is 40.0 Å². The third kappa shape index (κ3) is 6.57. The average molecular weight is 564 g/mol. The van der Waals surface area contributed by atoms with Gasteiger partial charge in [0.05, 0.1) is 5.56 Å². The van der Waals surface area contributed by atoms with Crippen LogP contribution in [0.15, 0.2) is 59.2 Å². The van der Waals surface area contributed by atoms with Crippen LogP contribution in [0.5, 0.6) is 5.75 Å². The number of rotatable bonds is 6. The van der Waals surface area contributed by atoms with Crippen LogP contribution in [0.2, 0.25) is 5.02 Å². The van der Waals surface area contributed by atoms with Crippen LogP contribution < -0.4 is 10.1 Å². The molecule has 2 aromatic rings. The number of nitrogens with zero attached hydrogens (tertiary/aromatic N) is 2. The van der Waals surface area contributed by atoms with Crippen molar-refractivity contribution < 1.29 is 45.8 Å². The number of alkyl halides is 6. The molecule has 0 radical (unpaired) electrons. The van der Waals surface area contributed by atoms with Crippen LogP contribution in [0, 0.1) is 0 Å². The number of carboxylic acids is 1. The molecule has 38 heavy (non-hydrogen) atoms. The Balaban J connectivity index is 1.83. The van der Waals surface area contributed by atoms with Crippen molar-refractivity contribution in [2.45, 2.75) is 44.5 Å². The van der Waals surface area contributed by atoms with E-state index in [1.165, 1.54) is 32.0 Å². The summed E-state index contributed by atoms with van der Waals surface area (Å²) in [5.41, 5.74) is -3.77. The molecule has 204 valence electrons. The zero-order valence-corrected chi connectivity index (χ0v) is 20.4. The maximum absolute atomic E-state index is 13.7. The first-order valence-electron chi connectivity index (χ1n) is 10.8. The molecule has 3 rings (SSSR count). The van der Waals surface area contributed by atoms with Crippen LogP contribution in [-0.2, 0) is 17.5 Å². The number of carbonyl (C=O) groups excluding carboxylic acids is 1. The first-order chi connectivity index (χ1) is 17.5. The smallest absolute Gasteiger partial charge is 0.431 e. The summed E-state index contributed by atoms with van der Waals surface area (Å²) in [4.78, 5) is 28.4. The van der Waals surface area contributed by atoms with E-state index in [0.29, 0.717) is 23.1 Å². The van der Waals surface area contributed by atoms with Crippen molar-refractivity contribution in [2.75, 3.05) is 0 Å². The van der Waals surface area contributed by atoms with E-state index in [-0.39, 0.29) is 28.4 Å². The minimum Gasteiger partial charge on any atom is -0.478 e. The summed E-state index contributed by atoms with van der Waals surface area (Å²) in [7, 11) is 0. The number of aliphatic carboxylic acids is 1. The summed E-state index contributed by atoms with van der Waals surface area (Å²) < 4.78 is 85.4. The standard InChI is InChI=1S/C24H20ClF6N3O4/c1-22(2,20(35)36)38-16-8-5-14(17(25)11-16)12-33-21(37)34-18(24(29,30)31)9-10-32-19(34)13-3-6-15(7-4-13)23(26,27)28/h3-11,19H,12H2,1-2H3,(H,33,37)(H,35,36). The minimum absolute atomic E-state index is 0.0338. The largest absolute Gasteiger partial charge is 0.478 e. The molecular weight excluding hydrogens is 544 g/mol. The zero-order valence-electron chi connectivity index (χ0n) is 19.7. The molecule has 2 N–H and O–H groups in total. The van der Waals surface area contributed by atoms with Crippen LogP contribution >= 0.6 is 11.6 Å². The van der Waals surface area contributed by atoms with Gasteiger partial charge in [0.1, 0.15) is 11.4 Å². The molecule has 1 aliphatic heterocycles. The topological polar surface area (TPSA) is 91.2 Å². The van der Waals surface area contributed by atoms with Crippen LogP contribution in [0.3, 0.4) is 0 Å². The molecule has 2 amide bonds. The van der Waals surface area contributed by atoms with Gasteiger partial charge in [0.15, 0.2) is 11.8 Å². The first kappa shape index (κ1) is 28.8. The molecule has 0 saturated carbocycles. The van der Waals surface area contributed by atoms with Crippen molar-refractivity contribution >= 4 is 29.8 Å². The predicted octanol–water partition coefficient (Wildman–Crippen LogP) is 6.34. The molecule has 1 aliphatic rings. The Morgan fingerprint density at radius 2 is 1.68 bits per heavy atom. The van der Waals surface area contributed by atoms with Gasteiger partial charge in [-0.3, -0.25) is 9.89 Å². The van der Waals surface area contributed by atoms with Crippen molar-refractivity contribution in [1.29, 1.82) is 0 Å². The Morgan fingerprint density at radius 1 is 1.05 bits per heavy atom. The number of ether oxygens (including phenoxy) is 1. The highest BCUT2D eigenvalue weighted by molar-refractivity contribution is 6.31. The van der Waals surface area contributed by atoms with E-state index >= 15 is 0 Å². The van der Waals surface area contributed by atoms with Crippen molar-refractivity contribution in [3.63, 3.8) is 0 Å². The zero-order chi connectivity index (χ0) is 28.5.